The molecule has 0 radical (unpaired) electrons. The maximum absolute atomic E-state index is 12.7. The van der Waals surface area contributed by atoms with Crippen LogP contribution in [0, 0.1) is 5.92 Å². The number of benzene rings is 2. The Morgan fingerprint density at radius 2 is 1.39 bits per heavy atom. The molecule has 0 bridgehead atoms. The number of rotatable bonds is 11. The van der Waals surface area contributed by atoms with Gasteiger partial charge in [-0.2, -0.15) is 0 Å². The van der Waals surface area contributed by atoms with Crippen LogP contribution in [0.15, 0.2) is 48.5 Å². The molecular formula is C24H33N3O4. The predicted octanol–water partition coefficient (Wildman–Crippen LogP) is 3.48. The summed E-state index contributed by atoms with van der Waals surface area (Å²) in [6, 6.07) is 14.7. The maximum atomic E-state index is 12.7. The molecule has 0 heterocycles. The van der Waals surface area contributed by atoms with Gasteiger partial charge in [0.1, 0.15) is 11.5 Å². The predicted molar refractivity (Wildman–Crippen MR) is 122 cm³/mol. The molecule has 2 aromatic carbocycles. The highest BCUT2D eigenvalue weighted by atomic mass is 16.5. The van der Waals surface area contributed by atoms with Gasteiger partial charge in [0, 0.05) is 5.69 Å². The summed E-state index contributed by atoms with van der Waals surface area (Å²) in [5.41, 5.74) is 1.70. The summed E-state index contributed by atoms with van der Waals surface area (Å²) in [5, 5.41) is 5.95. The van der Waals surface area contributed by atoms with Crippen molar-refractivity contribution < 1.29 is 19.1 Å². The molecule has 0 aliphatic rings. The molecule has 0 aromatic heterocycles. The maximum Gasteiger partial charge on any atom is 0.238 e. The zero-order chi connectivity index (χ0) is 22.8. The van der Waals surface area contributed by atoms with Crippen LogP contribution in [0.2, 0.25) is 0 Å². The van der Waals surface area contributed by atoms with Gasteiger partial charge >= 0.3 is 0 Å². The van der Waals surface area contributed by atoms with Gasteiger partial charge in [-0.1, -0.05) is 32.9 Å². The van der Waals surface area contributed by atoms with E-state index < -0.39 is 0 Å². The summed E-state index contributed by atoms with van der Waals surface area (Å²) in [6.07, 6.45) is 0. The van der Waals surface area contributed by atoms with E-state index in [-0.39, 0.29) is 36.9 Å². The van der Waals surface area contributed by atoms with Gasteiger partial charge in [0.15, 0.2) is 0 Å². The number of ether oxygens (including phenoxy) is 2. The second-order valence-corrected chi connectivity index (χ2v) is 7.64. The lowest BCUT2D eigenvalue weighted by atomic mass is 9.96. The fraction of sp³-hybridized carbons (Fsp3) is 0.417. The number of carbonyl (C=O) groups is 2. The van der Waals surface area contributed by atoms with Crippen molar-refractivity contribution in [3.05, 3.63) is 54.1 Å². The van der Waals surface area contributed by atoms with Crippen LogP contribution in [0.25, 0.3) is 0 Å². The Morgan fingerprint density at radius 3 is 1.87 bits per heavy atom. The number of nitrogens with zero attached hydrogens (tertiary/aromatic N) is 1. The average molecular weight is 428 g/mol. The Hall–Kier alpha value is -3.06. The first kappa shape index (κ1) is 24.2. The van der Waals surface area contributed by atoms with E-state index in [2.05, 4.69) is 24.5 Å². The Kier molecular flexibility index (Phi) is 9.34. The smallest absolute Gasteiger partial charge is 0.238 e. The van der Waals surface area contributed by atoms with Gasteiger partial charge in [0.25, 0.3) is 0 Å². The zero-order valence-corrected chi connectivity index (χ0v) is 19.0. The van der Waals surface area contributed by atoms with Crippen LogP contribution in [0.1, 0.15) is 32.4 Å². The van der Waals surface area contributed by atoms with E-state index >= 15 is 0 Å². The highest BCUT2D eigenvalue weighted by Crippen LogP contribution is 2.24. The SMILES string of the molecule is CCN(CC(=O)Nc1ccc(OC)cc1)CC(=O)NC(c1ccc(OC)cc1)C(C)C. The molecule has 2 N–H and O–H groups in total. The minimum atomic E-state index is -0.171. The Morgan fingerprint density at radius 1 is 0.871 bits per heavy atom. The highest BCUT2D eigenvalue weighted by Gasteiger charge is 2.20. The van der Waals surface area contributed by atoms with E-state index in [9.17, 15) is 9.59 Å². The Balaban J connectivity index is 1.92. The second-order valence-electron chi connectivity index (χ2n) is 7.64. The molecular weight excluding hydrogens is 394 g/mol. The quantitative estimate of drug-likeness (QED) is 0.574. The van der Waals surface area contributed by atoms with E-state index in [0.717, 1.165) is 17.1 Å². The van der Waals surface area contributed by atoms with Gasteiger partial charge in [-0.3, -0.25) is 14.5 Å². The second kappa shape index (κ2) is 12.0. The number of hydrogen-bond acceptors (Lipinski definition) is 5. The van der Waals surface area contributed by atoms with Crippen molar-refractivity contribution >= 4 is 17.5 Å². The van der Waals surface area contributed by atoms with Gasteiger partial charge in [-0.25, -0.2) is 0 Å². The number of amides is 2. The fourth-order valence-electron chi connectivity index (χ4n) is 3.23. The molecule has 7 nitrogen and oxygen atoms in total. The molecule has 168 valence electrons. The normalized spacial score (nSPS) is 11.8. The third-order valence-corrected chi connectivity index (χ3v) is 5.01. The largest absolute Gasteiger partial charge is 0.497 e. The molecule has 2 rings (SSSR count). The van der Waals surface area contributed by atoms with Gasteiger partial charge < -0.3 is 20.1 Å². The van der Waals surface area contributed by atoms with Crippen molar-refractivity contribution in [2.45, 2.75) is 26.8 Å². The first-order chi connectivity index (χ1) is 14.9. The Bertz CT molecular complexity index is 835. The number of likely N-dealkylation sites (N-methyl/N-ethyl adjacent to an activating group) is 1. The standard InChI is InChI=1S/C24H33N3O4/c1-6-27(15-22(28)25-19-9-13-21(31-5)14-10-19)16-23(29)26-24(17(2)3)18-7-11-20(30-4)12-8-18/h7-14,17,24H,6,15-16H2,1-5H3,(H,25,28)(H,26,29). The molecule has 0 spiro atoms. The molecule has 0 saturated heterocycles. The summed E-state index contributed by atoms with van der Waals surface area (Å²) in [6.45, 7) is 6.91. The minimum absolute atomic E-state index is 0.117. The summed E-state index contributed by atoms with van der Waals surface area (Å²) >= 11 is 0. The van der Waals surface area contributed by atoms with E-state index in [0.29, 0.717) is 12.2 Å². The van der Waals surface area contributed by atoms with Crippen molar-refractivity contribution in [3.8, 4) is 11.5 Å². The lowest BCUT2D eigenvalue weighted by molar-refractivity contribution is -0.124. The lowest BCUT2D eigenvalue weighted by Crippen LogP contribution is -2.42. The zero-order valence-electron chi connectivity index (χ0n) is 19.0. The molecule has 0 aliphatic heterocycles. The number of carbonyl (C=O) groups excluding carboxylic acids is 2. The van der Waals surface area contributed by atoms with Crippen molar-refractivity contribution in [2.24, 2.45) is 5.92 Å². The van der Waals surface area contributed by atoms with Crippen LogP contribution in [0.3, 0.4) is 0 Å². The molecule has 31 heavy (non-hydrogen) atoms. The number of methoxy groups -OCH3 is 2. The van der Waals surface area contributed by atoms with Crippen molar-refractivity contribution in [1.82, 2.24) is 10.2 Å². The fourth-order valence-corrected chi connectivity index (χ4v) is 3.23. The van der Waals surface area contributed by atoms with E-state index in [1.54, 1.807) is 43.4 Å². The van der Waals surface area contributed by atoms with Crippen molar-refractivity contribution in [2.75, 3.05) is 39.2 Å². The molecule has 1 atom stereocenters. The Labute approximate surface area is 184 Å². The number of anilines is 1. The van der Waals surface area contributed by atoms with Gasteiger partial charge in [-0.05, 0) is 54.4 Å². The molecule has 2 amide bonds. The van der Waals surface area contributed by atoms with Gasteiger partial charge in [0.2, 0.25) is 11.8 Å². The average Bonchev–Trinajstić information content (AvgIpc) is 2.77. The van der Waals surface area contributed by atoms with Gasteiger partial charge in [-0.15, -0.1) is 0 Å². The molecule has 0 saturated carbocycles. The van der Waals surface area contributed by atoms with Crippen LogP contribution in [0.4, 0.5) is 5.69 Å². The summed E-state index contributed by atoms with van der Waals surface area (Å²) in [7, 11) is 3.22. The number of nitrogens with one attached hydrogen (secondary N) is 2. The third kappa shape index (κ3) is 7.61. The van der Waals surface area contributed by atoms with Crippen LogP contribution in [-0.4, -0.2) is 50.6 Å². The van der Waals surface area contributed by atoms with Crippen molar-refractivity contribution in [1.29, 1.82) is 0 Å². The van der Waals surface area contributed by atoms with Gasteiger partial charge in [0.05, 0.1) is 33.4 Å². The van der Waals surface area contributed by atoms with Crippen LogP contribution < -0.4 is 20.1 Å². The number of hydrogen-bond donors (Lipinski definition) is 2. The minimum Gasteiger partial charge on any atom is -0.497 e. The molecule has 0 aliphatic carbocycles. The topological polar surface area (TPSA) is 79.9 Å². The molecule has 7 heteroatoms. The molecule has 1 unspecified atom stereocenters. The van der Waals surface area contributed by atoms with E-state index in [4.69, 9.17) is 9.47 Å². The van der Waals surface area contributed by atoms with E-state index in [1.165, 1.54) is 0 Å². The summed E-state index contributed by atoms with van der Waals surface area (Å²) in [5.74, 6) is 1.42. The van der Waals surface area contributed by atoms with Crippen molar-refractivity contribution in [3.63, 3.8) is 0 Å². The summed E-state index contributed by atoms with van der Waals surface area (Å²) < 4.78 is 10.3. The van der Waals surface area contributed by atoms with Crippen LogP contribution in [0.5, 0.6) is 11.5 Å². The first-order valence-corrected chi connectivity index (χ1v) is 10.5. The summed E-state index contributed by atoms with van der Waals surface area (Å²) in [4.78, 5) is 26.9. The first-order valence-electron chi connectivity index (χ1n) is 10.5. The molecule has 2 aromatic rings. The lowest BCUT2D eigenvalue weighted by Gasteiger charge is -2.25. The third-order valence-electron chi connectivity index (χ3n) is 5.01. The van der Waals surface area contributed by atoms with Crippen LogP contribution in [-0.2, 0) is 9.59 Å². The monoisotopic (exact) mass is 427 g/mol. The van der Waals surface area contributed by atoms with Crippen LogP contribution >= 0.6 is 0 Å². The molecule has 0 fully saturated rings. The van der Waals surface area contributed by atoms with E-state index in [1.807, 2.05) is 31.2 Å². The highest BCUT2D eigenvalue weighted by molar-refractivity contribution is 5.92.